The van der Waals surface area contributed by atoms with Crippen LogP contribution in [0, 0.1) is 0 Å². The van der Waals surface area contributed by atoms with Gasteiger partial charge in [-0.25, -0.2) is 13.6 Å². The van der Waals surface area contributed by atoms with Gasteiger partial charge < -0.3 is 20.7 Å². The summed E-state index contributed by atoms with van der Waals surface area (Å²) >= 11 is 0. The van der Waals surface area contributed by atoms with Gasteiger partial charge in [0.15, 0.2) is 0 Å². The maximum absolute atomic E-state index is 13.8. The molecule has 0 aliphatic carbocycles. The molecule has 9 heteroatoms. The molecule has 0 radical (unpaired) electrons. The molecular weight excluding hydrogens is 264 g/mol. The Kier molecular flexibility index (Phi) is 3.52. The lowest BCUT2D eigenvalue weighted by Crippen LogP contribution is -2.52. The third-order valence-electron chi connectivity index (χ3n) is 2.86. The minimum absolute atomic E-state index is 0.0980. The first-order valence-electron chi connectivity index (χ1n) is 5.52. The standard InChI is InChI=1S/C10H13F2N3O4/c11-10(12)3-5(17)6(4-16)19-8(10)15-2-1-7(13)14-9(15)18/h1-2,5-6,8,16-17H,3-4H2,(H2,13,14,18). The van der Waals surface area contributed by atoms with E-state index in [1.807, 2.05) is 0 Å². The number of ether oxygens (including phenoxy) is 1. The Bertz CT molecular complexity index is 522. The second kappa shape index (κ2) is 4.83. The van der Waals surface area contributed by atoms with Crippen molar-refractivity contribution < 1.29 is 23.7 Å². The van der Waals surface area contributed by atoms with Crippen LogP contribution in [0.3, 0.4) is 0 Å². The van der Waals surface area contributed by atoms with Crippen molar-refractivity contribution in [3.63, 3.8) is 0 Å². The average Bonchev–Trinajstić information content (AvgIpc) is 2.29. The van der Waals surface area contributed by atoms with Crippen LogP contribution in [-0.2, 0) is 4.74 Å². The highest BCUT2D eigenvalue weighted by Crippen LogP contribution is 2.39. The van der Waals surface area contributed by atoms with Crippen molar-refractivity contribution in [2.45, 2.75) is 30.8 Å². The Morgan fingerprint density at radius 1 is 1.63 bits per heavy atom. The van der Waals surface area contributed by atoms with Gasteiger partial charge in [-0.2, -0.15) is 4.98 Å². The fraction of sp³-hybridized carbons (Fsp3) is 0.600. The van der Waals surface area contributed by atoms with E-state index in [2.05, 4.69) is 4.98 Å². The molecule has 2 rings (SSSR count). The molecule has 1 aromatic heterocycles. The summed E-state index contributed by atoms with van der Waals surface area (Å²) in [6, 6.07) is 1.18. The van der Waals surface area contributed by atoms with Crippen LogP contribution in [-0.4, -0.2) is 44.5 Å². The van der Waals surface area contributed by atoms with Gasteiger partial charge in [-0.15, -0.1) is 0 Å². The SMILES string of the molecule is Nc1ccn(C2OC(CO)C(O)CC2(F)F)c(=O)n1. The molecule has 1 saturated heterocycles. The molecular formula is C10H13F2N3O4. The van der Waals surface area contributed by atoms with E-state index < -0.39 is 43.1 Å². The Balaban J connectivity index is 2.38. The van der Waals surface area contributed by atoms with E-state index in [0.717, 1.165) is 6.20 Å². The van der Waals surface area contributed by atoms with Crippen LogP contribution in [0.2, 0.25) is 0 Å². The number of hydrogen-bond donors (Lipinski definition) is 3. The predicted molar refractivity (Wildman–Crippen MR) is 59.5 cm³/mol. The first kappa shape index (κ1) is 13.8. The molecule has 0 saturated carbocycles. The van der Waals surface area contributed by atoms with Crippen molar-refractivity contribution in [2.75, 3.05) is 12.3 Å². The third kappa shape index (κ3) is 2.57. The molecule has 0 spiro atoms. The number of aliphatic hydroxyl groups excluding tert-OH is 2. The number of halogens is 2. The largest absolute Gasteiger partial charge is 0.394 e. The quantitative estimate of drug-likeness (QED) is 0.646. The summed E-state index contributed by atoms with van der Waals surface area (Å²) < 4.78 is 33.1. The first-order valence-corrected chi connectivity index (χ1v) is 5.52. The molecule has 1 aromatic rings. The summed E-state index contributed by atoms with van der Waals surface area (Å²) in [5.41, 5.74) is 4.28. The van der Waals surface area contributed by atoms with Crippen molar-refractivity contribution in [3.05, 3.63) is 22.7 Å². The fourth-order valence-electron chi connectivity index (χ4n) is 1.91. The molecule has 2 heterocycles. The van der Waals surface area contributed by atoms with E-state index in [9.17, 15) is 18.7 Å². The van der Waals surface area contributed by atoms with Crippen LogP contribution in [0.4, 0.5) is 14.6 Å². The Hall–Kier alpha value is -1.58. The van der Waals surface area contributed by atoms with Gasteiger partial charge in [0, 0.05) is 12.6 Å². The zero-order chi connectivity index (χ0) is 14.2. The number of nitrogens with zero attached hydrogens (tertiary/aromatic N) is 2. The number of nitrogen functional groups attached to an aromatic ring is 1. The lowest BCUT2D eigenvalue weighted by molar-refractivity contribution is -0.269. The normalized spacial score (nSPS) is 30.2. The van der Waals surface area contributed by atoms with Crippen LogP contribution in [0.15, 0.2) is 17.1 Å². The molecule has 106 valence electrons. The molecule has 1 fully saturated rings. The fourth-order valence-corrected chi connectivity index (χ4v) is 1.91. The number of aliphatic hydroxyl groups is 2. The van der Waals surface area contributed by atoms with Crippen molar-refractivity contribution in [3.8, 4) is 0 Å². The van der Waals surface area contributed by atoms with Crippen molar-refractivity contribution >= 4 is 5.82 Å². The zero-order valence-corrected chi connectivity index (χ0v) is 9.74. The maximum Gasteiger partial charge on any atom is 0.351 e. The monoisotopic (exact) mass is 277 g/mol. The van der Waals surface area contributed by atoms with E-state index in [1.165, 1.54) is 6.07 Å². The lowest BCUT2D eigenvalue weighted by atomic mass is 10.0. The zero-order valence-electron chi connectivity index (χ0n) is 9.74. The summed E-state index contributed by atoms with van der Waals surface area (Å²) in [6.45, 7) is -0.634. The topological polar surface area (TPSA) is 111 Å². The number of anilines is 1. The van der Waals surface area contributed by atoms with Gasteiger partial charge >= 0.3 is 5.69 Å². The molecule has 4 N–H and O–H groups in total. The number of hydrogen-bond acceptors (Lipinski definition) is 6. The number of rotatable bonds is 2. The lowest BCUT2D eigenvalue weighted by Gasteiger charge is -2.38. The smallest absolute Gasteiger partial charge is 0.351 e. The Labute approximate surface area is 106 Å². The van der Waals surface area contributed by atoms with Crippen LogP contribution < -0.4 is 11.4 Å². The molecule has 7 nitrogen and oxygen atoms in total. The van der Waals surface area contributed by atoms with Gasteiger partial charge in [-0.3, -0.25) is 4.57 Å². The second-order valence-electron chi connectivity index (χ2n) is 4.28. The Morgan fingerprint density at radius 3 is 2.89 bits per heavy atom. The summed E-state index contributed by atoms with van der Waals surface area (Å²) in [6.07, 6.45) is -4.51. The molecule has 1 aliphatic heterocycles. The predicted octanol–water partition coefficient (Wildman–Crippen LogP) is -0.899. The van der Waals surface area contributed by atoms with E-state index in [-0.39, 0.29) is 5.82 Å². The Morgan fingerprint density at radius 2 is 2.32 bits per heavy atom. The van der Waals surface area contributed by atoms with Crippen LogP contribution in [0.1, 0.15) is 12.6 Å². The van der Waals surface area contributed by atoms with Gasteiger partial charge in [0.2, 0.25) is 6.23 Å². The maximum atomic E-state index is 13.8. The average molecular weight is 277 g/mol. The summed E-state index contributed by atoms with van der Waals surface area (Å²) in [4.78, 5) is 14.9. The first-order chi connectivity index (χ1) is 8.85. The third-order valence-corrected chi connectivity index (χ3v) is 2.86. The number of alkyl halides is 2. The van der Waals surface area contributed by atoms with E-state index in [0.29, 0.717) is 4.57 Å². The highest BCUT2D eigenvalue weighted by molar-refractivity contribution is 5.23. The second-order valence-corrected chi connectivity index (χ2v) is 4.28. The molecule has 19 heavy (non-hydrogen) atoms. The van der Waals surface area contributed by atoms with Gasteiger partial charge in [-0.1, -0.05) is 0 Å². The molecule has 0 bridgehead atoms. The molecule has 3 unspecified atom stereocenters. The van der Waals surface area contributed by atoms with Gasteiger partial charge in [0.1, 0.15) is 11.9 Å². The molecule has 1 aliphatic rings. The summed E-state index contributed by atoms with van der Waals surface area (Å²) in [5, 5.41) is 18.4. The highest BCUT2D eigenvalue weighted by atomic mass is 19.3. The highest BCUT2D eigenvalue weighted by Gasteiger charge is 2.51. The minimum atomic E-state index is -3.47. The summed E-state index contributed by atoms with van der Waals surface area (Å²) in [7, 11) is 0. The van der Waals surface area contributed by atoms with Crippen LogP contribution in [0.25, 0.3) is 0 Å². The molecule has 3 atom stereocenters. The van der Waals surface area contributed by atoms with Crippen molar-refractivity contribution in [2.24, 2.45) is 0 Å². The van der Waals surface area contributed by atoms with Crippen molar-refractivity contribution in [1.82, 2.24) is 9.55 Å². The van der Waals surface area contributed by atoms with E-state index >= 15 is 0 Å². The van der Waals surface area contributed by atoms with Crippen LogP contribution >= 0.6 is 0 Å². The number of aromatic nitrogens is 2. The molecule has 0 aromatic carbocycles. The van der Waals surface area contributed by atoms with Gasteiger partial charge in [0.05, 0.1) is 12.7 Å². The van der Waals surface area contributed by atoms with Crippen LogP contribution in [0.5, 0.6) is 0 Å². The minimum Gasteiger partial charge on any atom is -0.394 e. The summed E-state index contributed by atoms with van der Waals surface area (Å²) in [5.74, 6) is -3.56. The molecule has 0 amide bonds. The number of nitrogens with two attached hydrogens (primary N) is 1. The van der Waals surface area contributed by atoms with E-state index in [1.54, 1.807) is 0 Å². The van der Waals surface area contributed by atoms with Gasteiger partial charge in [0.25, 0.3) is 5.92 Å². The van der Waals surface area contributed by atoms with Gasteiger partial charge in [-0.05, 0) is 6.07 Å². The van der Waals surface area contributed by atoms with E-state index in [4.69, 9.17) is 15.6 Å². The van der Waals surface area contributed by atoms with Crippen molar-refractivity contribution in [1.29, 1.82) is 0 Å².